The van der Waals surface area contributed by atoms with E-state index < -0.39 is 55.7 Å². The Bertz CT molecular complexity index is 1050. The van der Waals surface area contributed by atoms with Crippen molar-refractivity contribution in [3.63, 3.8) is 0 Å². The highest BCUT2D eigenvalue weighted by molar-refractivity contribution is 7.88. The summed E-state index contributed by atoms with van der Waals surface area (Å²) in [4.78, 5) is 37.9. The molecule has 0 radical (unpaired) electrons. The molecule has 1 saturated heterocycles. The number of likely N-dealkylation sites (tertiary alicyclic amines) is 1. The summed E-state index contributed by atoms with van der Waals surface area (Å²) in [7, 11) is -5.22. The van der Waals surface area contributed by atoms with E-state index in [4.69, 9.17) is 4.74 Å². The van der Waals surface area contributed by atoms with Crippen LogP contribution < -0.4 is 9.74 Å². The number of hydrogen-bond acceptors (Lipinski definition) is 8. The quantitative estimate of drug-likeness (QED) is 0.371. The first-order chi connectivity index (χ1) is 13.9. The molecule has 0 unspecified atom stereocenters. The highest BCUT2D eigenvalue weighted by Gasteiger charge is 2.50. The number of carbonyl (C=O) groups excluding carboxylic acids is 2. The topological polar surface area (TPSA) is 121 Å². The van der Waals surface area contributed by atoms with E-state index in [-0.39, 0.29) is 13.1 Å². The van der Waals surface area contributed by atoms with Gasteiger partial charge >= 0.3 is 27.7 Å². The number of pyridine rings is 1. The van der Waals surface area contributed by atoms with Gasteiger partial charge in [-0.15, -0.1) is 0 Å². The van der Waals surface area contributed by atoms with Crippen molar-refractivity contribution in [2.24, 2.45) is 0 Å². The van der Waals surface area contributed by atoms with Crippen molar-refractivity contribution in [1.29, 1.82) is 0 Å². The molecular formula is C17H21F3N2O8S. The van der Waals surface area contributed by atoms with Gasteiger partial charge in [0, 0.05) is 25.4 Å². The molecule has 0 saturated carbocycles. The zero-order chi connectivity index (χ0) is 24.0. The first-order valence-corrected chi connectivity index (χ1v) is 10.2. The lowest BCUT2D eigenvalue weighted by Crippen LogP contribution is -2.65. The van der Waals surface area contributed by atoms with Crippen LogP contribution in [0.25, 0.3) is 0 Å². The minimum absolute atomic E-state index is 0.0104. The number of aromatic nitrogens is 1. The van der Waals surface area contributed by atoms with Crippen LogP contribution in [-0.4, -0.2) is 61.3 Å². The van der Waals surface area contributed by atoms with Gasteiger partial charge in [0.15, 0.2) is 5.75 Å². The SMILES string of the molecule is COC(=O)c1cn(C2(C)CN(C(=O)OC(C)(C)C)C2)c(=O)cc1OS(=O)(=O)C(F)(F)F. The van der Waals surface area contributed by atoms with Crippen molar-refractivity contribution < 1.29 is 44.8 Å². The lowest BCUT2D eigenvalue weighted by atomic mass is 9.91. The Balaban J connectivity index is 2.40. The van der Waals surface area contributed by atoms with Crippen LogP contribution in [0.5, 0.6) is 5.75 Å². The molecule has 1 fully saturated rings. The number of alkyl halides is 3. The fourth-order valence-corrected chi connectivity index (χ4v) is 3.29. The summed E-state index contributed by atoms with van der Waals surface area (Å²) in [5, 5.41) is 0. The van der Waals surface area contributed by atoms with Gasteiger partial charge < -0.3 is 23.1 Å². The predicted octanol–water partition coefficient (Wildman–Crippen LogP) is 1.83. The van der Waals surface area contributed by atoms with Crippen LogP contribution in [0.1, 0.15) is 38.1 Å². The molecule has 0 atom stereocenters. The van der Waals surface area contributed by atoms with Gasteiger partial charge in [-0.3, -0.25) is 4.79 Å². The van der Waals surface area contributed by atoms with Crippen LogP contribution in [-0.2, 0) is 25.1 Å². The molecule has 1 aromatic rings. The summed E-state index contributed by atoms with van der Waals surface area (Å²) in [6.45, 7) is 6.55. The summed E-state index contributed by atoms with van der Waals surface area (Å²) in [5.41, 5.74) is -9.24. The second-order valence-electron chi connectivity index (χ2n) is 8.07. The Morgan fingerprint density at radius 1 is 1.16 bits per heavy atom. The van der Waals surface area contributed by atoms with Gasteiger partial charge in [0.1, 0.15) is 11.2 Å². The van der Waals surface area contributed by atoms with Gasteiger partial charge in [0.05, 0.1) is 12.6 Å². The summed E-state index contributed by atoms with van der Waals surface area (Å²) < 4.78 is 75.2. The van der Waals surface area contributed by atoms with Gasteiger partial charge in [0.25, 0.3) is 5.56 Å². The van der Waals surface area contributed by atoms with Gasteiger partial charge in [-0.2, -0.15) is 21.6 Å². The molecule has 0 N–H and O–H groups in total. The third-order valence-electron chi connectivity index (χ3n) is 4.20. The molecule has 1 aliphatic heterocycles. The lowest BCUT2D eigenvalue weighted by molar-refractivity contribution is -0.0500. The highest BCUT2D eigenvalue weighted by Crippen LogP contribution is 2.32. The Labute approximate surface area is 175 Å². The van der Waals surface area contributed by atoms with E-state index in [1.165, 1.54) is 4.90 Å². The number of hydrogen-bond donors (Lipinski definition) is 0. The molecule has 14 heteroatoms. The van der Waals surface area contributed by atoms with Crippen molar-refractivity contribution in [3.05, 3.63) is 28.2 Å². The number of methoxy groups -OCH3 is 1. The molecular weight excluding hydrogens is 449 g/mol. The molecule has 2 rings (SSSR count). The monoisotopic (exact) mass is 470 g/mol. The third kappa shape index (κ3) is 5.11. The fraction of sp³-hybridized carbons (Fsp3) is 0.588. The maximum absolute atomic E-state index is 12.6. The average molecular weight is 470 g/mol. The summed E-state index contributed by atoms with van der Waals surface area (Å²) in [6.07, 6.45) is 0.199. The summed E-state index contributed by atoms with van der Waals surface area (Å²) in [6, 6.07) is 0.441. The molecule has 2 heterocycles. The fourth-order valence-electron chi connectivity index (χ4n) is 2.82. The normalized spacial score (nSPS) is 16.3. The molecule has 1 aliphatic rings. The minimum Gasteiger partial charge on any atom is -0.465 e. The molecule has 0 spiro atoms. The number of carbonyl (C=O) groups is 2. The smallest absolute Gasteiger partial charge is 0.465 e. The molecule has 31 heavy (non-hydrogen) atoms. The first-order valence-electron chi connectivity index (χ1n) is 8.74. The van der Waals surface area contributed by atoms with Crippen LogP contribution in [0.3, 0.4) is 0 Å². The maximum atomic E-state index is 12.6. The summed E-state index contributed by atoms with van der Waals surface area (Å²) >= 11 is 0. The molecule has 174 valence electrons. The molecule has 1 aromatic heterocycles. The predicted molar refractivity (Wildman–Crippen MR) is 99.1 cm³/mol. The van der Waals surface area contributed by atoms with Crippen molar-refractivity contribution in [2.45, 2.75) is 44.3 Å². The van der Waals surface area contributed by atoms with Gasteiger partial charge in [0.2, 0.25) is 0 Å². The van der Waals surface area contributed by atoms with Crippen LogP contribution in [0.4, 0.5) is 18.0 Å². The number of nitrogens with zero attached hydrogens (tertiary/aromatic N) is 2. The van der Waals surface area contributed by atoms with Gasteiger partial charge in [-0.1, -0.05) is 0 Å². The van der Waals surface area contributed by atoms with E-state index in [2.05, 4.69) is 8.92 Å². The summed E-state index contributed by atoms with van der Waals surface area (Å²) in [5.74, 6) is -2.36. The van der Waals surface area contributed by atoms with Crippen LogP contribution >= 0.6 is 0 Å². The maximum Gasteiger partial charge on any atom is 0.534 e. The number of amides is 1. The van der Waals surface area contributed by atoms with E-state index in [1.807, 2.05) is 0 Å². The lowest BCUT2D eigenvalue weighted by Gasteiger charge is -2.48. The Hall–Kier alpha value is -2.77. The van der Waals surface area contributed by atoms with Crippen LogP contribution in [0, 0.1) is 0 Å². The van der Waals surface area contributed by atoms with E-state index >= 15 is 0 Å². The molecule has 0 bridgehead atoms. The molecule has 0 aliphatic carbocycles. The zero-order valence-corrected chi connectivity index (χ0v) is 18.1. The number of rotatable bonds is 4. The largest absolute Gasteiger partial charge is 0.534 e. The standard InChI is InChI=1S/C17H21F3N2O8S/c1-15(2,3)29-14(25)21-8-16(4,9-21)22-7-10(13(24)28-5)11(6-12(22)23)30-31(26,27)17(18,19)20/h6-7H,8-9H2,1-5H3. The number of halogens is 3. The molecule has 0 aromatic carbocycles. The van der Waals surface area contributed by atoms with Crippen molar-refractivity contribution >= 4 is 22.2 Å². The average Bonchev–Trinajstić information content (AvgIpc) is 2.55. The second kappa shape index (κ2) is 7.73. The number of esters is 1. The zero-order valence-electron chi connectivity index (χ0n) is 17.3. The van der Waals surface area contributed by atoms with Gasteiger partial charge in [-0.05, 0) is 27.7 Å². The van der Waals surface area contributed by atoms with Gasteiger partial charge in [-0.25, -0.2) is 9.59 Å². The molecule has 1 amide bonds. The van der Waals surface area contributed by atoms with Crippen molar-refractivity contribution in [2.75, 3.05) is 20.2 Å². The van der Waals surface area contributed by atoms with Crippen LogP contribution in [0.2, 0.25) is 0 Å². The third-order valence-corrected chi connectivity index (χ3v) is 5.17. The van der Waals surface area contributed by atoms with Crippen molar-refractivity contribution in [3.8, 4) is 5.75 Å². The second-order valence-corrected chi connectivity index (χ2v) is 9.61. The van der Waals surface area contributed by atoms with Crippen molar-refractivity contribution in [1.82, 2.24) is 9.47 Å². The number of ether oxygens (including phenoxy) is 2. The minimum atomic E-state index is -6.13. The Morgan fingerprint density at radius 3 is 2.16 bits per heavy atom. The van der Waals surface area contributed by atoms with E-state index in [0.29, 0.717) is 6.07 Å². The van der Waals surface area contributed by atoms with E-state index in [9.17, 15) is 36.0 Å². The Kier molecular flexibility index (Phi) is 6.11. The Morgan fingerprint density at radius 2 is 1.71 bits per heavy atom. The van der Waals surface area contributed by atoms with Crippen LogP contribution in [0.15, 0.2) is 17.1 Å². The highest BCUT2D eigenvalue weighted by atomic mass is 32.2. The van der Waals surface area contributed by atoms with E-state index in [0.717, 1.165) is 17.9 Å². The molecule has 10 nitrogen and oxygen atoms in total. The first kappa shape index (κ1) is 24.5. The van der Waals surface area contributed by atoms with E-state index in [1.54, 1.807) is 27.7 Å².